The number of nitro groups is 1. The van der Waals surface area contributed by atoms with Gasteiger partial charge in [0.15, 0.2) is 0 Å². The molecule has 0 aliphatic heterocycles. The second kappa shape index (κ2) is 7.35. The Bertz CT molecular complexity index is 558. The topological polar surface area (TPSA) is 68.1 Å². The zero-order valence-corrected chi connectivity index (χ0v) is 11.2. The van der Waals surface area contributed by atoms with E-state index >= 15 is 0 Å². The van der Waals surface area contributed by atoms with Gasteiger partial charge < -0.3 is 5.32 Å². The fraction of sp³-hybridized carbons (Fsp3) is 0.267. The zero-order chi connectivity index (χ0) is 14.2. The highest BCUT2D eigenvalue weighted by molar-refractivity contribution is 5.39. The van der Waals surface area contributed by atoms with E-state index in [4.69, 9.17) is 0 Å². The molecule has 2 rings (SSSR count). The van der Waals surface area contributed by atoms with E-state index in [1.54, 1.807) is 24.4 Å². The number of nitro benzene ring substituents is 1. The Morgan fingerprint density at radius 3 is 2.65 bits per heavy atom. The number of rotatable bonds is 7. The lowest BCUT2D eigenvalue weighted by Crippen LogP contribution is -2.20. The summed E-state index contributed by atoms with van der Waals surface area (Å²) in [4.78, 5) is 14.6. The van der Waals surface area contributed by atoms with E-state index in [9.17, 15) is 10.1 Å². The summed E-state index contributed by atoms with van der Waals surface area (Å²) in [6.07, 6.45) is 5.17. The first-order valence-electron chi connectivity index (χ1n) is 6.59. The van der Waals surface area contributed by atoms with Crippen molar-refractivity contribution in [1.29, 1.82) is 0 Å². The van der Waals surface area contributed by atoms with Crippen molar-refractivity contribution < 1.29 is 4.92 Å². The number of nitrogens with zero attached hydrogens (tertiary/aromatic N) is 2. The van der Waals surface area contributed by atoms with Crippen LogP contribution >= 0.6 is 0 Å². The Balaban J connectivity index is 1.75. The molecule has 0 spiro atoms. The van der Waals surface area contributed by atoms with Crippen LogP contribution in [0.4, 0.5) is 5.69 Å². The highest BCUT2D eigenvalue weighted by Crippen LogP contribution is 2.17. The van der Waals surface area contributed by atoms with Crippen molar-refractivity contribution in [1.82, 2.24) is 10.3 Å². The van der Waals surface area contributed by atoms with Gasteiger partial charge in [0.1, 0.15) is 0 Å². The normalized spacial score (nSPS) is 10.4. The van der Waals surface area contributed by atoms with E-state index in [1.165, 1.54) is 5.56 Å². The summed E-state index contributed by atoms with van der Waals surface area (Å²) in [6.45, 7) is 1.57. The third-order valence-electron chi connectivity index (χ3n) is 3.07. The summed E-state index contributed by atoms with van der Waals surface area (Å²) in [5.41, 5.74) is 2.15. The van der Waals surface area contributed by atoms with Crippen LogP contribution in [0, 0.1) is 10.1 Å². The Morgan fingerprint density at radius 1 is 1.10 bits per heavy atom. The second-order valence-electron chi connectivity index (χ2n) is 4.50. The molecule has 0 saturated heterocycles. The molecule has 1 aromatic heterocycles. The molecule has 1 aromatic carbocycles. The van der Waals surface area contributed by atoms with Crippen molar-refractivity contribution >= 4 is 5.69 Å². The molecular weight excluding hydrogens is 254 g/mol. The van der Waals surface area contributed by atoms with Crippen LogP contribution in [0.25, 0.3) is 0 Å². The van der Waals surface area contributed by atoms with Gasteiger partial charge in [0.25, 0.3) is 5.69 Å². The lowest BCUT2D eigenvalue weighted by molar-refractivity contribution is -0.385. The molecule has 0 saturated carbocycles. The predicted molar refractivity (Wildman–Crippen MR) is 77.6 cm³/mol. The van der Waals surface area contributed by atoms with E-state index in [1.807, 2.05) is 24.4 Å². The van der Waals surface area contributed by atoms with E-state index in [0.29, 0.717) is 6.42 Å². The smallest absolute Gasteiger partial charge is 0.272 e. The lowest BCUT2D eigenvalue weighted by atomic mass is 10.1. The van der Waals surface area contributed by atoms with Gasteiger partial charge in [-0.05, 0) is 37.6 Å². The first kappa shape index (κ1) is 14.1. The highest BCUT2D eigenvalue weighted by Gasteiger charge is 2.11. The maximum Gasteiger partial charge on any atom is 0.272 e. The number of nitrogens with one attached hydrogen (secondary N) is 1. The van der Waals surface area contributed by atoms with Crippen molar-refractivity contribution in [2.24, 2.45) is 0 Å². The van der Waals surface area contributed by atoms with Gasteiger partial charge in [-0.25, -0.2) is 0 Å². The fourth-order valence-electron chi connectivity index (χ4n) is 2.03. The van der Waals surface area contributed by atoms with Crippen LogP contribution in [0.5, 0.6) is 0 Å². The molecule has 0 fully saturated rings. The van der Waals surface area contributed by atoms with Gasteiger partial charge in [-0.3, -0.25) is 15.1 Å². The van der Waals surface area contributed by atoms with E-state index in [0.717, 1.165) is 25.1 Å². The van der Waals surface area contributed by atoms with E-state index in [2.05, 4.69) is 10.3 Å². The van der Waals surface area contributed by atoms with Crippen LogP contribution in [0.3, 0.4) is 0 Å². The zero-order valence-electron chi connectivity index (χ0n) is 11.2. The molecule has 0 radical (unpaired) electrons. The molecule has 5 heteroatoms. The maximum atomic E-state index is 10.9. The van der Waals surface area contributed by atoms with Gasteiger partial charge in [-0.15, -0.1) is 0 Å². The molecule has 0 atom stereocenters. The molecule has 0 aliphatic carbocycles. The molecule has 0 unspecified atom stereocenters. The summed E-state index contributed by atoms with van der Waals surface area (Å²) < 4.78 is 0. The monoisotopic (exact) mass is 271 g/mol. The summed E-state index contributed by atoms with van der Waals surface area (Å²) in [7, 11) is 0. The molecule has 1 heterocycles. The molecule has 0 aliphatic rings. The van der Waals surface area contributed by atoms with Gasteiger partial charge in [0.2, 0.25) is 0 Å². The van der Waals surface area contributed by atoms with Crippen LogP contribution in [0.15, 0.2) is 48.8 Å². The van der Waals surface area contributed by atoms with Crippen molar-refractivity contribution in [3.05, 3.63) is 70.0 Å². The Morgan fingerprint density at radius 2 is 1.90 bits per heavy atom. The SMILES string of the molecule is O=[N+]([O-])c1ccccc1CCNCCc1cccnc1. The van der Waals surface area contributed by atoms with Crippen LogP contribution in [0.1, 0.15) is 11.1 Å². The van der Waals surface area contributed by atoms with Crippen LogP contribution in [0.2, 0.25) is 0 Å². The number of para-hydroxylation sites is 1. The molecule has 2 aromatic rings. The average molecular weight is 271 g/mol. The molecule has 1 N–H and O–H groups in total. The summed E-state index contributed by atoms with van der Waals surface area (Å²) >= 11 is 0. The number of pyridine rings is 1. The van der Waals surface area contributed by atoms with Gasteiger partial charge in [-0.1, -0.05) is 24.3 Å². The number of hydrogen-bond donors (Lipinski definition) is 1. The van der Waals surface area contributed by atoms with E-state index < -0.39 is 0 Å². The molecule has 0 bridgehead atoms. The molecule has 0 amide bonds. The van der Waals surface area contributed by atoms with Gasteiger partial charge >= 0.3 is 0 Å². The summed E-state index contributed by atoms with van der Waals surface area (Å²) in [5.74, 6) is 0. The van der Waals surface area contributed by atoms with Crippen molar-refractivity contribution in [3.8, 4) is 0 Å². The Labute approximate surface area is 117 Å². The third-order valence-corrected chi connectivity index (χ3v) is 3.07. The highest BCUT2D eigenvalue weighted by atomic mass is 16.6. The number of hydrogen-bond acceptors (Lipinski definition) is 4. The quantitative estimate of drug-likeness (QED) is 0.477. The van der Waals surface area contributed by atoms with Crippen molar-refractivity contribution in [3.63, 3.8) is 0 Å². The molecule has 104 valence electrons. The van der Waals surface area contributed by atoms with Crippen LogP contribution in [-0.4, -0.2) is 23.0 Å². The fourth-order valence-corrected chi connectivity index (χ4v) is 2.03. The van der Waals surface area contributed by atoms with Crippen LogP contribution in [-0.2, 0) is 12.8 Å². The lowest BCUT2D eigenvalue weighted by Gasteiger charge is -2.05. The second-order valence-corrected chi connectivity index (χ2v) is 4.50. The van der Waals surface area contributed by atoms with Crippen LogP contribution < -0.4 is 5.32 Å². The van der Waals surface area contributed by atoms with Gasteiger partial charge in [0.05, 0.1) is 4.92 Å². The molecule has 5 nitrogen and oxygen atoms in total. The van der Waals surface area contributed by atoms with Crippen molar-refractivity contribution in [2.75, 3.05) is 13.1 Å². The summed E-state index contributed by atoms with van der Waals surface area (Å²) in [5, 5.41) is 14.2. The largest absolute Gasteiger partial charge is 0.316 e. The first-order chi connectivity index (χ1) is 9.77. The van der Waals surface area contributed by atoms with Crippen molar-refractivity contribution in [2.45, 2.75) is 12.8 Å². The minimum Gasteiger partial charge on any atom is -0.316 e. The van der Waals surface area contributed by atoms with Gasteiger partial charge in [0, 0.05) is 24.0 Å². The molecule has 20 heavy (non-hydrogen) atoms. The Kier molecular flexibility index (Phi) is 5.20. The van der Waals surface area contributed by atoms with E-state index in [-0.39, 0.29) is 10.6 Å². The Hall–Kier alpha value is -2.27. The third kappa shape index (κ3) is 4.13. The standard InChI is InChI=1S/C15H17N3O2/c19-18(20)15-6-2-1-5-14(15)8-11-16-10-7-13-4-3-9-17-12-13/h1-6,9,12,16H,7-8,10-11H2. The molecular formula is C15H17N3O2. The average Bonchev–Trinajstić information content (AvgIpc) is 2.48. The number of aromatic nitrogens is 1. The maximum absolute atomic E-state index is 10.9. The number of benzene rings is 1. The minimum atomic E-state index is -0.328. The van der Waals surface area contributed by atoms with Gasteiger partial charge in [-0.2, -0.15) is 0 Å². The first-order valence-corrected chi connectivity index (χ1v) is 6.59. The minimum absolute atomic E-state index is 0.196. The predicted octanol–water partition coefficient (Wildman–Crippen LogP) is 2.36. The summed E-state index contributed by atoms with van der Waals surface area (Å²) in [6, 6.07) is 10.8.